The molecule has 3 heterocycles. The van der Waals surface area contributed by atoms with Crippen molar-refractivity contribution in [2.75, 3.05) is 33.4 Å². The SMILES string of the molecule is COCCN1CCCC2(CCCN2C(=O)c2ccc[nH]2)C1=O. The summed E-state index contributed by atoms with van der Waals surface area (Å²) >= 11 is 0. The van der Waals surface area contributed by atoms with Gasteiger partial charge in [0.1, 0.15) is 11.2 Å². The Balaban J connectivity index is 1.83. The van der Waals surface area contributed by atoms with Crippen LogP contribution >= 0.6 is 0 Å². The summed E-state index contributed by atoms with van der Waals surface area (Å²) in [5.41, 5.74) is -0.0862. The van der Waals surface area contributed by atoms with Crippen LogP contribution in [0.2, 0.25) is 0 Å². The molecule has 2 saturated heterocycles. The van der Waals surface area contributed by atoms with Gasteiger partial charge in [-0.1, -0.05) is 0 Å². The van der Waals surface area contributed by atoms with Crippen molar-refractivity contribution in [3.8, 4) is 0 Å². The van der Waals surface area contributed by atoms with E-state index in [9.17, 15) is 9.59 Å². The highest BCUT2D eigenvalue weighted by atomic mass is 16.5. The first-order valence-electron chi connectivity index (χ1n) is 7.93. The van der Waals surface area contributed by atoms with Crippen LogP contribution < -0.4 is 0 Å². The number of aromatic amines is 1. The molecule has 1 aromatic heterocycles. The Hall–Kier alpha value is -1.82. The molecule has 2 fully saturated rings. The number of aromatic nitrogens is 1. The van der Waals surface area contributed by atoms with Gasteiger partial charge in [-0.15, -0.1) is 0 Å². The number of nitrogens with zero attached hydrogens (tertiary/aromatic N) is 2. The Bertz CT molecular complexity index is 543. The summed E-state index contributed by atoms with van der Waals surface area (Å²) in [6.07, 6.45) is 5.09. The quantitative estimate of drug-likeness (QED) is 0.910. The fourth-order valence-corrected chi connectivity index (χ4v) is 3.75. The normalized spacial score (nSPS) is 25.2. The van der Waals surface area contributed by atoms with Crippen LogP contribution in [-0.4, -0.2) is 65.5 Å². The molecule has 1 aromatic rings. The van der Waals surface area contributed by atoms with Crippen LogP contribution in [0, 0.1) is 0 Å². The van der Waals surface area contributed by atoms with Crippen LogP contribution in [0.3, 0.4) is 0 Å². The number of H-pyrrole nitrogens is 1. The van der Waals surface area contributed by atoms with E-state index in [1.165, 1.54) is 0 Å². The van der Waals surface area contributed by atoms with Gasteiger partial charge in [-0.05, 0) is 37.8 Å². The van der Waals surface area contributed by atoms with E-state index in [2.05, 4.69) is 4.98 Å². The Morgan fingerprint density at radius 3 is 2.82 bits per heavy atom. The van der Waals surface area contributed by atoms with Gasteiger partial charge in [0.2, 0.25) is 5.91 Å². The zero-order chi connectivity index (χ0) is 15.6. The van der Waals surface area contributed by atoms with E-state index in [0.717, 1.165) is 32.2 Å². The van der Waals surface area contributed by atoms with Crippen LogP contribution in [0.25, 0.3) is 0 Å². The number of ether oxygens (including phenoxy) is 1. The molecule has 0 aromatic carbocycles. The van der Waals surface area contributed by atoms with Gasteiger partial charge in [0.05, 0.1) is 6.61 Å². The summed E-state index contributed by atoms with van der Waals surface area (Å²) in [4.78, 5) is 32.4. The lowest BCUT2D eigenvalue weighted by atomic mass is 9.85. The molecule has 2 amide bonds. The van der Waals surface area contributed by atoms with E-state index in [4.69, 9.17) is 4.74 Å². The van der Waals surface area contributed by atoms with E-state index < -0.39 is 5.54 Å². The van der Waals surface area contributed by atoms with Crippen LogP contribution in [0.5, 0.6) is 0 Å². The molecule has 0 bridgehead atoms. The Morgan fingerprint density at radius 2 is 2.14 bits per heavy atom. The fourth-order valence-electron chi connectivity index (χ4n) is 3.75. The zero-order valence-electron chi connectivity index (χ0n) is 13.0. The van der Waals surface area contributed by atoms with Gasteiger partial charge in [0.15, 0.2) is 0 Å². The molecule has 6 heteroatoms. The van der Waals surface area contributed by atoms with Crippen molar-refractivity contribution in [3.05, 3.63) is 24.0 Å². The van der Waals surface area contributed by atoms with Gasteiger partial charge in [0, 0.05) is 32.9 Å². The van der Waals surface area contributed by atoms with E-state index >= 15 is 0 Å². The highest BCUT2D eigenvalue weighted by molar-refractivity contribution is 5.99. The molecule has 3 rings (SSSR count). The minimum atomic E-state index is -0.645. The standard InChI is InChI=1S/C16H23N3O3/c1-22-12-11-18-9-3-6-16(15(18)21)7-4-10-19(16)14(20)13-5-2-8-17-13/h2,5,8,17H,3-4,6-7,9-12H2,1H3. The zero-order valence-corrected chi connectivity index (χ0v) is 13.0. The number of hydrogen-bond donors (Lipinski definition) is 1. The largest absolute Gasteiger partial charge is 0.383 e. The second-order valence-electron chi connectivity index (χ2n) is 6.06. The second kappa shape index (κ2) is 6.12. The van der Waals surface area contributed by atoms with E-state index in [1.807, 2.05) is 11.0 Å². The van der Waals surface area contributed by atoms with E-state index in [-0.39, 0.29) is 11.8 Å². The van der Waals surface area contributed by atoms with Crippen LogP contribution in [0.15, 0.2) is 18.3 Å². The van der Waals surface area contributed by atoms with E-state index in [0.29, 0.717) is 25.4 Å². The third-order valence-electron chi connectivity index (χ3n) is 4.83. The minimum Gasteiger partial charge on any atom is -0.383 e. The van der Waals surface area contributed by atoms with Gasteiger partial charge in [-0.3, -0.25) is 9.59 Å². The molecule has 2 aliphatic rings. The lowest BCUT2D eigenvalue weighted by molar-refractivity contribution is -0.146. The first kappa shape index (κ1) is 15.1. The van der Waals surface area contributed by atoms with Crippen molar-refractivity contribution in [1.82, 2.24) is 14.8 Å². The van der Waals surface area contributed by atoms with Crippen molar-refractivity contribution in [3.63, 3.8) is 0 Å². The Labute approximate surface area is 130 Å². The molecular weight excluding hydrogens is 282 g/mol. The predicted octanol–water partition coefficient (Wildman–Crippen LogP) is 1.26. The molecule has 1 atom stereocenters. The van der Waals surface area contributed by atoms with Crippen molar-refractivity contribution >= 4 is 11.8 Å². The molecule has 1 unspecified atom stereocenters. The lowest BCUT2D eigenvalue weighted by Crippen LogP contribution is -2.61. The maximum Gasteiger partial charge on any atom is 0.271 e. The number of amides is 2. The number of hydrogen-bond acceptors (Lipinski definition) is 3. The van der Waals surface area contributed by atoms with Gasteiger partial charge in [-0.25, -0.2) is 0 Å². The average molecular weight is 305 g/mol. The molecular formula is C16H23N3O3. The average Bonchev–Trinajstić information content (AvgIpc) is 3.18. The van der Waals surface area contributed by atoms with Crippen LogP contribution in [0.1, 0.15) is 36.2 Å². The predicted molar refractivity (Wildman–Crippen MR) is 81.5 cm³/mol. The second-order valence-corrected chi connectivity index (χ2v) is 6.06. The third-order valence-corrected chi connectivity index (χ3v) is 4.83. The van der Waals surface area contributed by atoms with Crippen LogP contribution in [0.4, 0.5) is 0 Å². The molecule has 0 aliphatic carbocycles. The molecule has 22 heavy (non-hydrogen) atoms. The van der Waals surface area contributed by atoms with Gasteiger partial charge in [0.25, 0.3) is 5.91 Å². The number of nitrogens with one attached hydrogen (secondary N) is 1. The summed E-state index contributed by atoms with van der Waals surface area (Å²) in [5, 5.41) is 0. The van der Waals surface area contributed by atoms with Crippen molar-refractivity contribution < 1.29 is 14.3 Å². The topological polar surface area (TPSA) is 65.6 Å². The molecule has 0 radical (unpaired) electrons. The first-order chi connectivity index (χ1) is 10.7. The molecule has 1 N–H and O–H groups in total. The number of likely N-dealkylation sites (tertiary alicyclic amines) is 2. The number of carbonyl (C=O) groups is 2. The number of carbonyl (C=O) groups excluding carboxylic acids is 2. The Morgan fingerprint density at radius 1 is 1.36 bits per heavy atom. The molecule has 1 spiro atoms. The molecule has 6 nitrogen and oxygen atoms in total. The monoisotopic (exact) mass is 305 g/mol. The van der Waals surface area contributed by atoms with Gasteiger partial charge >= 0.3 is 0 Å². The first-order valence-corrected chi connectivity index (χ1v) is 7.93. The summed E-state index contributed by atoms with van der Waals surface area (Å²) < 4.78 is 5.10. The summed E-state index contributed by atoms with van der Waals surface area (Å²) in [5.74, 6) is 0.0256. The smallest absolute Gasteiger partial charge is 0.271 e. The van der Waals surface area contributed by atoms with E-state index in [1.54, 1.807) is 24.3 Å². The van der Waals surface area contributed by atoms with Gasteiger partial charge < -0.3 is 19.5 Å². The summed E-state index contributed by atoms with van der Waals surface area (Å²) in [7, 11) is 1.64. The molecule has 0 saturated carbocycles. The number of methoxy groups -OCH3 is 1. The lowest BCUT2D eigenvalue weighted by Gasteiger charge is -2.44. The third kappa shape index (κ3) is 2.41. The highest BCUT2D eigenvalue weighted by Crippen LogP contribution is 2.38. The maximum atomic E-state index is 13.0. The van der Waals surface area contributed by atoms with Crippen molar-refractivity contribution in [2.45, 2.75) is 31.2 Å². The number of piperidine rings is 1. The highest BCUT2D eigenvalue weighted by Gasteiger charge is 2.52. The van der Waals surface area contributed by atoms with Gasteiger partial charge in [-0.2, -0.15) is 0 Å². The van der Waals surface area contributed by atoms with Crippen molar-refractivity contribution in [1.29, 1.82) is 0 Å². The van der Waals surface area contributed by atoms with Crippen molar-refractivity contribution in [2.24, 2.45) is 0 Å². The molecule has 120 valence electrons. The Kier molecular flexibility index (Phi) is 4.20. The van der Waals surface area contributed by atoms with Crippen LogP contribution in [-0.2, 0) is 9.53 Å². The summed E-state index contributed by atoms with van der Waals surface area (Å²) in [6.45, 7) is 2.55. The maximum absolute atomic E-state index is 13.0. The molecule has 2 aliphatic heterocycles. The number of rotatable bonds is 4. The minimum absolute atomic E-state index is 0.0653. The summed E-state index contributed by atoms with van der Waals surface area (Å²) in [6, 6.07) is 3.58. The fraction of sp³-hybridized carbons (Fsp3) is 0.625.